The van der Waals surface area contributed by atoms with Crippen molar-refractivity contribution in [3.05, 3.63) is 96.1 Å². The van der Waals surface area contributed by atoms with E-state index in [0.717, 1.165) is 5.56 Å². The Bertz CT molecular complexity index is 1050. The van der Waals surface area contributed by atoms with Gasteiger partial charge in [0.2, 0.25) is 10.0 Å². The molecule has 1 atom stereocenters. The van der Waals surface area contributed by atoms with Crippen molar-refractivity contribution < 1.29 is 22.7 Å². The molecule has 0 amide bonds. The first kappa shape index (κ1) is 20.6. The van der Waals surface area contributed by atoms with Crippen LogP contribution in [-0.2, 0) is 26.2 Å². The maximum absolute atomic E-state index is 12.7. The van der Waals surface area contributed by atoms with Crippen LogP contribution in [-0.4, -0.2) is 21.5 Å². The van der Waals surface area contributed by atoms with Gasteiger partial charge in [-0.3, -0.25) is 0 Å². The summed E-state index contributed by atoms with van der Waals surface area (Å²) < 4.78 is 38.4. The van der Waals surface area contributed by atoms with E-state index in [2.05, 4.69) is 4.72 Å². The van der Waals surface area contributed by atoms with Gasteiger partial charge in [0.15, 0.2) is 0 Å². The molecule has 0 aromatic heterocycles. The lowest BCUT2D eigenvalue weighted by atomic mass is 10.1. The normalized spacial score (nSPS) is 12.2. The third kappa shape index (κ3) is 5.43. The maximum Gasteiger partial charge on any atom is 0.328 e. The Morgan fingerprint density at radius 3 is 2.24 bits per heavy atom. The fourth-order valence-electron chi connectivity index (χ4n) is 2.72. The van der Waals surface area contributed by atoms with Crippen molar-refractivity contribution >= 4 is 16.0 Å². The fourth-order valence-corrected chi connectivity index (χ4v) is 3.91. The molecule has 29 heavy (non-hydrogen) atoms. The second kappa shape index (κ2) is 9.36. The molecular formula is C22H21NO5S. The van der Waals surface area contributed by atoms with Crippen molar-refractivity contribution in [2.45, 2.75) is 17.5 Å². The highest BCUT2D eigenvalue weighted by molar-refractivity contribution is 7.89. The monoisotopic (exact) mass is 411 g/mol. The Morgan fingerprint density at radius 2 is 1.59 bits per heavy atom. The van der Waals surface area contributed by atoms with Gasteiger partial charge in [-0.25, -0.2) is 13.2 Å². The van der Waals surface area contributed by atoms with Crippen LogP contribution in [0.3, 0.4) is 0 Å². The molecule has 7 heteroatoms. The molecule has 0 fully saturated rings. The summed E-state index contributed by atoms with van der Waals surface area (Å²) in [5, 5.41) is 0. The van der Waals surface area contributed by atoms with Gasteiger partial charge in [-0.15, -0.1) is 0 Å². The van der Waals surface area contributed by atoms with Gasteiger partial charge < -0.3 is 9.47 Å². The summed E-state index contributed by atoms with van der Waals surface area (Å²) in [6, 6.07) is 23.0. The topological polar surface area (TPSA) is 81.7 Å². The molecule has 0 spiro atoms. The zero-order chi connectivity index (χ0) is 20.7. The van der Waals surface area contributed by atoms with Crippen LogP contribution in [0.25, 0.3) is 0 Å². The van der Waals surface area contributed by atoms with E-state index >= 15 is 0 Å². The summed E-state index contributed by atoms with van der Waals surface area (Å²) >= 11 is 0. The first-order valence-corrected chi connectivity index (χ1v) is 10.4. The van der Waals surface area contributed by atoms with E-state index < -0.39 is 22.0 Å². The lowest BCUT2D eigenvalue weighted by molar-refractivity contribution is -0.142. The minimum absolute atomic E-state index is 0.0605. The number of hydrogen-bond acceptors (Lipinski definition) is 5. The van der Waals surface area contributed by atoms with Crippen molar-refractivity contribution in [1.82, 2.24) is 4.72 Å². The van der Waals surface area contributed by atoms with Crippen LogP contribution in [0.4, 0.5) is 0 Å². The number of sulfonamides is 1. The van der Waals surface area contributed by atoms with E-state index in [1.807, 2.05) is 30.3 Å². The van der Waals surface area contributed by atoms with Gasteiger partial charge in [0, 0.05) is 0 Å². The van der Waals surface area contributed by atoms with Crippen molar-refractivity contribution in [1.29, 1.82) is 0 Å². The zero-order valence-electron chi connectivity index (χ0n) is 15.8. The summed E-state index contributed by atoms with van der Waals surface area (Å²) in [7, 11) is -2.71. The van der Waals surface area contributed by atoms with E-state index in [1.54, 1.807) is 42.5 Å². The van der Waals surface area contributed by atoms with Crippen LogP contribution in [0.5, 0.6) is 5.75 Å². The highest BCUT2D eigenvalue weighted by Gasteiger charge is 2.28. The molecule has 3 rings (SSSR count). The van der Waals surface area contributed by atoms with Crippen molar-refractivity contribution in [3.8, 4) is 5.75 Å². The number of benzene rings is 3. The third-order valence-electron chi connectivity index (χ3n) is 4.20. The summed E-state index contributed by atoms with van der Waals surface area (Å²) in [5.74, 6) is -0.205. The van der Waals surface area contributed by atoms with Crippen LogP contribution >= 0.6 is 0 Å². The van der Waals surface area contributed by atoms with Crippen LogP contribution in [0, 0.1) is 0 Å². The SMILES string of the molecule is COC(=O)[C@H](NS(=O)(=O)c1ccccc1)c1cccc(OCc2ccccc2)c1. The van der Waals surface area contributed by atoms with Crippen LogP contribution in [0.1, 0.15) is 17.2 Å². The predicted molar refractivity (Wildman–Crippen MR) is 109 cm³/mol. The van der Waals surface area contributed by atoms with Crippen molar-refractivity contribution in [2.75, 3.05) is 7.11 Å². The van der Waals surface area contributed by atoms with Crippen molar-refractivity contribution in [2.24, 2.45) is 0 Å². The minimum atomic E-state index is -3.92. The van der Waals surface area contributed by atoms with E-state index in [9.17, 15) is 13.2 Å². The molecule has 150 valence electrons. The number of carbonyl (C=O) groups is 1. The quantitative estimate of drug-likeness (QED) is 0.574. The van der Waals surface area contributed by atoms with Crippen LogP contribution < -0.4 is 9.46 Å². The van der Waals surface area contributed by atoms with E-state index in [1.165, 1.54) is 19.2 Å². The Kier molecular flexibility index (Phi) is 6.64. The lowest BCUT2D eigenvalue weighted by Crippen LogP contribution is -2.34. The predicted octanol–water partition coefficient (Wildman–Crippen LogP) is 3.46. The molecule has 0 heterocycles. The summed E-state index contributed by atoms with van der Waals surface area (Å²) in [6.45, 7) is 0.350. The number of esters is 1. The molecule has 1 N–H and O–H groups in total. The van der Waals surface area contributed by atoms with Gasteiger partial charge in [0.1, 0.15) is 18.4 Å². The Morgan fingerprint density at radius 1 is 0.931 bits per heavy atom. The fraction of sp³-hybridized carbons (Fsp3) is 0.136. The van der Waals surface area contributed by atoms with E-state index in [-0.39, 0.29) is 4.90 Å². The number of ether oxygens (including phenoxy) is 2. The molecule has 0 aliphatic carbocycles. The molecule has 0 saturated carbocycles. The van der Waals surface area contributed by atoms with Gasteiger partial charge in [-0.2, -0.15) is 4.72 Å². The average molecular weight is 411 g/mol. The maximum atomic E-state index is 12.7. The molecule has 0 radical (unpaired) electrons. The van der Waals surface area contributed by atoms with Gasteiger partial charge in [0.05, 0.1) is 12.0 Å². The Balaban J connectivity index is 1.83. The summed E-state index contributed by atoms with van der Waals surface area (Å²) in [4.78, 5) is 12.4. The van der Waals surface area contributed by atoms with Gasteiger partial charge in [-0.05, 0) is 35.4 Å². The molecule has 0 bridgehead atoms. The molecular weight excluding hydrogens is 390 g/mol. The van der Waals surface area contributed by atoms with Crippen LogP contribution in [0.15, 0.2) is 89.8 Å². The summed E-state index contributed by atoms with van der Waals surface area (Å²) in [6.07, 6.45) is 0. The third-order valence-corrected chi connectivity index (χ3v) is 5.64. The number of methoxy groups -OCH3 is 1. The molecule has 6 nitrogen and oxygen atoms in total. The molecule has 0 aliphatic heterocycles. The molecule has 3 aromatic rings. The zero-order valence-corrected chi connectivity index (χ0v) is 16.6. The molecule has 0 aliphatic rings. The highest BCUT2D eigenvalue weighted by atomic mass is 32.2. The lowest BCUT2D eigenvalue weighted by Gasteiger charge is -2.18. The first-order chi connectivity index (χ1) is 14.0. The Labute approximate surface area is 170 Å². The first-order valence-electron chi connectivity index (χ1n) is 8.91. The van der Waals surface area contributed by atoms with Crippen molar-refractivity contribution in [3.63, 3.8) is 0 Å². The number of carbonyl (C=O) groups excluding carboxylic acids is 1. The molecule has 0 unspecified atom stereocenters. The minimum Gasteiger partial charge on any atom is -0.489 e. The Hall–Kier alpha value is -3.16. The van der Waals surface area contributed by atoms with Gasteiger partial charge in [0.25, 0.3) is 0 Å². The van der Waals surface area contributed by atoms with Gasteiger partial charge >= 0.3 is 5.97 Å². The number of nitrogens with one attached hydrogen (secondary N) is 1. The second-order valence-corrected chi connectivity index (χ2v) is 7.95. The largest absolute Gasteiger partial charge is 0.489 e. The molecule has 0 saturated heterocycles. The average Bonchev–Trinajstić information content (AvgIpc) is 2.77. The second-order valence-electron chi connectivity index (χ2n) is 6.24. The number of hydrogen-bond donors (Lipinski definition) is 1. The molecule has 3 aromatic carbocycles. The highest BCUT2D eigenvalue weighted by Crippen LogP contribution is 2.23. The van der Waals surface area contributed by atoms with E-state index in [4.69, 9.17) is 9.47 Å². The smallest absolute Gasteiger partial charge is 0.328 e. The van der Waals surface area contributed by atoms with Gasteiger partial charge in [-0.1, -0.05) is 60.7 Å². The summed E-state index contributed by atoms with van der Waals surface area (Å²) in [5.41, 5.74) is 1.41. The number of rotatable bonds is 8. The standard InChI is InChI=1S/C22H21NO5S/c1-27-22(24)21(23-29(25,26)20-13-6-3-7-14-20)18-11-8-12-19(15-18)28-16-17-9-4-2-5-10-17/h2-15,21,23H,16H2,1H3/t21-/m1/s1. The van der Waals surface area contributed by atoms with E-state index in [0.29, 0.717) is 17.9 Å². The van der Waals surface area contributed by atoms with Crippen LogP contribution in [0.2, 0.25) is 0 Å².